The highest BCUT2D eigenvalue weighted by molar-refractivity contribution is 5.91. The Morgan fingerprint density at radius 1 is 1.05 bits per heavy atom. The summed E-state index contributed by atoms with van der Waals surface area (Å²) in [5, 5.41) is 13.9. The molecule has 0 unspecified atom stereocenters. The molecule has 1 aromatic heterocycles. The van der Waals surface area contributed by atoms with Crippen molar-refractivity contribution in [3.8, 4) is 5.75 Å². The van der Waals surface area contributed by atoms with Gasteiger partial charge in [0.05, 0.1) is 11.2 Å². The SMILES string of the molecule is Cc1ccc2ncnc(Nc3ccccc3O)c2c1. The summed E-state index contributed by atoms with van der Waals surface area (Å²) < 4.78 is 0. The van der Waals surface area contributed by atoms with E-state index in [0.29, 0.717) is 11.5 Å². The molecule has 2 N–H and O–H groups in total. The first-order chi connectivity index (χ1) is 9.24. The lowest BCUT2D eigenvalue weighted by atomic mass is 10.1. The third-order valence-electron chi connectivity index (χ3n) is 2.95. The van der Waals surface area contributed by atoms with E-state index in [-0.39, 0.29) is 5.75 Å². The molecule has 0 aliphatic heterocycles. The highest BCUT2D eigenvalue weighted by Crippen LogP contribution is 2.28. The molecule has 0 saturated heterocycles. The van der Waals surface area contributed by atoms with Crippen LogP contribution in [-0.4, -0.2) is 15.1 Å². The summed E-state index contributed by atoms with van der Waals surface area (Å²) in [6.07, 6.45) is 1.51. The number of rotatable bonds is 2. The van der Waals surface area contributed by atoms with Crippen molar-refractivity contribution in [1.29, 1.82) is 0 Å². The smallest absolute Gasteiger partial charge is 0.141 e. The Bertz CT molecular complexity index is 740. The van der Waals surface area contributed by atoms with E-state index < -0.39 is 0 Å². The van der Waals surface area contributed by atoms with Gasteiger partial charge >= 0.3 is 0 Å². The van der Waals surface area contributed by atoms with Crippen molar-refractivity contribution in [2.45, 2.75) is 6.92 Å². The number of aromatic hydroxyl groups is 1. The predicted molar refractivity (Wildman–Crippen MR) is 75.7 cm³/mol. The minimum Gasteiger partial charge on any atom is -0.506 e. The molecule has 0 saturated carbocycles. The number of benzene rings is 2. The van der Waals surface area contributed by atoms with Gasteiger partial charge in [-0.3, -0.25) is 0 Å². The Hall–Kier alpha value is -2.62. The van der Waals surface area contributed by atoms with Crippen molar-refractivity contribution in [3.63, 3.8) is 0 Å². The lowest BCUT2D eigenvalue weighted by Gasteiger charge is -2.09. The highest BCUT2D eigenvalue weighted by atomic mass is 16.3. The highest BCUT2D eigenvalue weighted by Gasteiger charge is 2.06. The minimum absolute atomic E-state index is 0.196. The minimum atomic E-state index is 0.196. The van der Waals surface area contributed by atoms with Crippen LogP contribution >= 0.6 is 0 Å². The van der Waals surface area contributed by atoms with Crippen LogP contribution in [0.2, 0.25) is 0 Å². The molecule has 4 heteroatoms. The van der Waals surface area contributed by atoms with E-state index in [0.717, 1.165) is 16.5 Å². The summed E-state index contributed by atoms with van der Waals surface area (Å²) >= 11 is 0. The van der Waals surface area contributed by atoms with Crippen LogP contribution in [0, 0.1) is 6.92 Å². The topological polar surface area (TPSA) is 58.0 Å². The van der Waals surface area contributed by atoms with Gasteiger partial charge in [0.15, 0.2) is 0 Å². The molecule has 0 radical (unpaired) electrons. The maximum absolute atomic E-state index is 9.79. The average molecular weight is 251 g/mol. The van der Waals surface area contributed by atoms with E-state index in [1.54, 1.807) is 18.2 Å². The van der Waals surface area contributed by atoms with Crippen LogP contribution in [0.1, 0.15) is 5.56 Å². The standard InChI is InChI=1S/C15H13N3O/c1-10-6-7-12-11(8-10)15(17-9-16-12)18-13-4-2-3-5-14(13)19/h2-9,19H,1H3,(H,16,17,18). The number of aromatic nitrogens is 2. The van der Waals surface area contributed by atoms with Gasteiger partial charge in [-0.2, -0.15) is 0 Å². The second-order valence-corrected chi connectivity index (χ2v) is 4.39. The number of phenols is 1. The number of hydrogen-bond donors (Lipinski definition) is 2. The first-order valence-electron chi connectivity index (χ1n) is 6.00. The lowest BCUT2D eigenvalue weighted by molar-refractivity contribution is 0.478. The van der Waals surface area contributed by atoms with Gasteiger partial charge in [-0.05, 0) is 31.2 Å². The zero-order chi connectivity index (χ0) is 13.2. The summed E-state index contributed by atoms with van der Waals surface area (Å²) in [6, 6.07) is 13.1. The van der Waals surface area contributed by atoms with E-state index >= 15 is 0 Å². The number of phenolic OH excluding ortho intramolecular Hbond substituents is 1. The molecule has 2 aromatic carbocycles. The van der Waals surface area contributed by atoms with Crippen LogP contribution in [0.25, 0.3) is 10.9 Å². The van der Waals surface area contributed by atoms with E-state index in [1.807, 2.05) is 31.2 Å². The van der Waals surface area contributed by atoms with Gasteiger partial charge in [-0.15, -0.1) is 0 Å². The fraction of sp³-hybridized carbons (Fsp3) is 0.0667. The molecule has 1 heterocycles. The van der Waals surface area contributed by atoms with Crippen LogP contribution in [0.3, 0.4) is 0 Å². The number of anilines is 2. The molecule has 0 aliphatic rings. The third-order valence-corrected chi connectivity index (χ3v) is 2.95. The van der Waals surface area contributed by atoms with Crippen LogP contribution in [0.5, 0.6) is 5.75 Å². The summed E-state index contributed by atoms with van der Waals surface area (Å²) in [7, 11) is 0. The van der Waals surface area contributed by atoms with E-state index in [2.05, 4.69) is 15.3 Å². The van der Waals surface area contributed by atoms with Gasteiger partial charge in [0.2, 0.25) is 0 Å². The summed E-state index contributed by atoms with van der Waals surface area (Å²) in [5.74, 6) is 0.886. The average Bonchev–Trinajstić information content (AvgIpc) is 2.42. The van der Waals surface area contributed by atoms with Gasteiger partial charge in [-0.25, -0.2) is 9.97 Å². The Balaban J connectivity index is 2.10. The quantitative estimate of drug-likeness (QED) is 0.685. The van der Waals surface area contributed by atoms with Gasteiger partial charge in [0.1, 0.15) is 17.9 Å². The van der Waals surface area contributed by atoms with Gasteiger partial charge in [-0.1, -0.05) is 23.8 Å². The number of nitrogens with one attached hydrogen (secondary N) is 1. The van der Waals surface area contributed by atoms with E-state index in [4.69, 9.17) is 0 Å². The molecule has 0 fully saturated rings. The molecule has 0 bridgehead atoms. The number of hydrogen-bond acceptors (Lipinski definition) is 4. The Morgan fingerprint density at radius 3 is 2.74 bits per heavy atom. The number of fused-ring (bicyclic) bond motifs is 1. The van der Waals surface area contributed by atoms with Crippen molar-refractivity contribution in [2.24, 2.45) is 0 Å². The Labute approximate surface area is 110 Å². The van der Waals surface area contributed by atoms with Gasteiger partial charge < -0.3 is 10.4 Å². The van der Waals surface area contributed by atoms with Crippen molar-refractivity contribution >= 4 is 22.4 Å². The van der Waals surface area contributed by atoms with Gasteiger partial charge in [0, 0.05) is 5.39 Å². The number of aryl methyl sites for hydroxylation is 1. The predicted octanol–water partition coefficient (Wildman–Crippen LogP) is 3.39. The summed E-state index contributed by atoms with van der Waals surface area (Å²) in [4.78, 5) is 8.48. The van der Waals surface area contributed by atoms with E-state index in [1.165, 1.54) is 6.33 Å². The van der Waals surface area contributed by atoms with E-state index in [9.17, 15) is 5.11 Å². The van der Waals surface area contributed by atoms with Crippen LogP contribution < -0.4 is 5.32 Å². The molecular weight excluding hydrogens is 238 g/mol. The third kappa shape index (κ3) is 2.20. The molecule has 0 spiro atoms. The lowest BCUT2D eigenvalue weighted by Crippen LogP contribution is -1.96. The maximum atomic E-state index is 9.79. The van der Waals surface area contributed by atoms with Crippen molar-refractivity contribution in [2.75, 3.05) is 5.32 Å². The zero-order valence-corrected chi connectivity index (χ0v) is 10.5. The molecular formula is C15H13N3O. The first kappa shape index (κ1) is 11.5. The molecule has 0 amide bonds. The molecule has 94 valence electrons. The normalized spacial score (nSPS) is 10.6. The molecule has 19 heavy (non-hydrogen) atoms. The maximum Gasteiger partial charge on any atom is 0.141 e. The second-order valence-electron chi connectivity index (χ2n) is 4.39. The molecule has 4 nitrogen and oxygen atoms in total. The second kappa shape index (κ2) is 4.57. The largest absolute Gasteiger partial charge is 0.506 e. The zero-order valence-electron chi connectivity index (χ0n) is 10.5. The van der Waals surface area contributed by atoms with Crippen molar-refractivity contribution in [1.82, 2.24) is 9.97 Å². The van der Waals surface area contributed by atoms with Crippen molar-refractivity contribution in [3.05, 3.63) is 54.4 Å². The van der Waals surface area contributed by atoms with Gasteiger partial charge in [0.25, 0.3) is 0 Å². The molecule has 3 aromatic rings. The molecule has 0 atom stereocenters. The first-order valence-corrected chi connectivity index (χ1v) is 6.00. The van der Waals surface area contributed by atoms with Crippen LogP contribution in [0.15, 0.2) is 48.8 Å². The Kier molecular flexibility index (Phi) is 2.76. The Morgan fingerprint density at radius 2 is 1.89 bits per heavy atom. The van der Waals surface area contributed by atoms with Crippen LogP contribution in [0.4, 0.5) is 11.5 Å². The summed E-state index contributed by atoms with van der Waals surface area (Å²) in [6.45, 7) is 2.02. The fourth-order valence-electron chi connectivity index (χ4n) is 1.98. The van der Waals surface area contributed by atoms with Crippen LogP contribution in [-0.2, 0) is 0 Å². The summed E-state index contributed by atoms with van der Waals surface area (Å²) in [5.41, 5.74) is 2.64. The van der Waals surface area contributed by atoms with Crippen molar-refractivity contribution < 1.29 is 5.11 Å². The molecule has 3 rings (SSSR count). The number of para-hydroxylation sites is 2. The fourth-order valence-corrected chi connectivity index (χ4v) is 1.98. The molecule has 0 aliphatic carbocycles. The monoisotopic (exact) mass is 251 g/mol. The number of nitrogens with zero attached hydrogens (tertiary/aromatic N) is 2.